The van der Waals surface area contributed by atoms with Gasteiger partial charge in [-0.2, -0.15) is 4.98 Å². The molecular weight excluding hydrogens is 281 g/mol. The minimum Gasteiger partial charge on any atom is -0.396 e. The number of rotatable bonds is 2. The summed E-state index contributed by atoms with van der Waals surface area (Å²) in [7, 11) is 0. The number of hydrogen-bond acceptors (Lipinski definition) is 4. The average molecular weight is 290 g/mol. The molecule has 4 nitrogen and oxygen atoms in total. The van der Waals surface area contributed by atoms with Crippen LogP contribution in [0.25, 0.3) is 22.8 Å². The van der Waals surface area contributed by atoms with Crippen molar-refractivity contribution in [2.75, 3.05) is 5.73 Å². The van der Waals surface area contributed by atoms with Gasteiger partial charge in [-0.1, -0.05) is 16.8 Å². The molecule has 1 aromatic heterocycles. The van der Waals surface area contributed by atoms with E-state index >= 15 is 0 Å². The first-order valence-electron chi connectivity index (χ1n) is 5.78. The highest BCUT2D eigenvalue weighted by molar-refractivity contribution is 6.30. The van der Waals surface area contributed by atoms with Crippen LogP contribution in [0.4, 0.5) is 10.1 Å². The fraction of sp³-hybridized carbons (Fsp3) is 0. The molecule has 2 N–H and O–H groups in total. The first kappa shape index (κ1) is 12.6. The Labute approximate surface area is 119 Å². The maximum Gasteiger partial charge on any atom is 0.258 e. The first-order valence-corrected chi connectivity index (χ1v) is 6.16. The van der Waals surface area contributed by atoms with Crippen molar-refractivity contribution in [1.29, 1.82) is 0 Å². The quantitative estimate of drug-likeness (QED) is 0.729. The molecule has 0 saturated carbocycles. The second-order valence-corrected chi connectivity index (χ2v) is 4.60. The Morgan fingerprint density at radius 3 is 2.45 bits per heavy atom. The molecule has 0 bridgehead atoms. The lowest BCUT2D eigenvalue weighted by Crippen LogP contribution is -1.90. The van der Waals surface area contributed by atoms with Gasteiger partial charge in [-0.15, -0.1) is 0 Å². The van der Waals surface area contributed by atoms with Crippen molar-refractivity contribution in [2.45, 2.75) is 0 Å². The lowest BCUT2D eigenvalue weighted by Gasteiger charge is -1.98. The lowest BCUT2D eigenvalue weighted by atomic mass is 10.2. The number of benzene rings is 2. The van der Waals surface area contributed by atoms with Gasteiger partial charge in [0.2, 0.25) is 5.82 Å². The fourth-order valence-corrected chi connectivity index (χ4v) is 1.86. The van der Waals surface area contributed by atoms with Crippen molar-refractivity contribution in [3.8, 4) is 22.8 Å². The van der Waals surface area contributed by atoms with E-state index in [4.69, 9.17) is 21.9 Å². The molecule has 100 valence electrons. The Balaban J connectivity index is 1.97. The first-order chi connectivity index (χ1) is 9.63. The third-order valence-corrected chi connectivity index (χ3v) is 3.02. The average Bonchev–Trinajstić information content (AvgIpc) is 2.92. The second kappa shape index (κ2) is 4.94. The van der Waals surface area contributed by atoms with E-state index in [1.54, 1.807) is 24.3 Å². The number of anilines is 1. The Morgan fingerprint density at radius 1 is 1.05 bits per heavy atom. The van der Waals surface area contributed by atoms with Crippen LogP contribution in [0.15, 0.2) is 47.0 Å². The highest BCUT2D eigenvalue weighted by Gasteiger charge is 2.11. The third kappa shape index (κ3) is 2.35. The summed E-state index contributed by atoms with van der Waals surface area (Å²) in [5.74, 6) is 0.229. The predicted octanol–water partition coefficient (Wildman–Crippen LogP) is 3.78. The second-order valence-electron chi connectivity index (χ2n) is 4.17. The standard InChI is InChI=1S/C14H9ClFN3O/c15-10-4-1-8(2-5-10)13-18-14(20-19-13)9-3-6-11(16)12(17)7-9/h1-7H,17H2. The van der Waals surface area contributed by atoms with Gasteiger partial charge in [0.05, 0.1) is 5.69 Å². The number of nitrogens with zero attached hydrogens (tertiary/aromatic N) is 2. The van der Waals surface area contributed by atoms with E-state index in [9.17, 15) is 4.39 Å². The van der Waals surface area contributed by atoms with Crippen LogP contribution >= 0.6 is 11.6 Å². The molecule has 0 saturated heterocycles. The van der Waals surface area contributed by atoms with Crippen LogP contribution in [0.3, 0.4) is 0 Å². The van der Waals surface area contributed by atoms with Gasteiger partial charge in [0, 0.05) is 16.1 Å². The molecule has 2 aromatic carbocycles. The molecule has 0 fully saturated rings. The summed E-state index contributed by atoms with van der Waals surface area (Å²) >= 11 is 5.82. The molecule has 0 amide bonds. The monoisotopic (exact) mass is 289 g/mol. The number of hydrogen-bond donors (Lipinski definition) is 1. The molecule has 0 aliphatic rings. The normalized spacial score (nSPS) is 10.7. The molecule has 0 spiro atoms. The van der Waals surface area contributed by atoms with Gasteiger partial charge in [0.15, 0.2) is 0 Å². The summed E-state index contributed by atoms with van der Waals surface area (Å²) in [6.07, 6.45) is 0. The molecule has 20 heavy (non-hydrogen) atoms. The molecule has 0 atom stereocenters. The van der Waals surface area contributed by atoms with E-state index in [2.05, 4.69) is 10.1 Å². The molecule has 0 aliphatic carbocycles. The van der Waals surface area contributed by atoms with Crippen LogP contribution in [0.1, 0.15) is 0 Å². The zero-order valence-electron chi connectivity index (χ0n) is 10.2. The van der Waals surface area contributed by atoms with Crippen molar-refractivity contribution in [3.05, 3.63) is 53.3 Å². The van der Waals surface area contributed by atoms with Gasteiger partial charge < -0.3 is 10.3 Å². The minimum absolute atomic E-state index is 0.0359. The number of nitrogens with two attached hydrogens (primary N) is 1. The lowest BCUT2D eigenvalue weighted by molar-refractivity contribution is 0.432. The smallest absolute Gasteiger partial charge is 0.258 e. The van der Waals surface area contributed by atoms with Gasteiger partial charge in [0.25, 0.3) is 5.89 Å². The highest BCUT2D eigenvalue weighted by atomic mass is 35.5. The summed E-state index contributed by atoms with van der Waals surface area (Å²) in [6.45, 7) is 0. The summed E-state index contributed by atoms with van der Waals surface area (Å²) in [5, 5.41) is 4.51. The summed E-state index contributed by atoms with van der Waals surface area (Å²) in [5.41, 5.74) is 6.89. The van der Waals surface area contributed by atoms with Crippen LogP contribution in [0.5, 0.6) is 0 Å². The molecule has 6 heteroatoms. The maximum atomic E-state index is 13.1. The van der Waals surface area contributed by atoms with Crippen molar-refractivity contribution in [2.24, 2.45) is 0 Å². The Hall–Kier alpha value is -2.40. The Kier molecular flexibility index (Phi) is 3.12. The van der Waals surface area contributed by atoms with Crippen LogP contribution in [-0.4, -0.2) is 10.1 Å². The molecule has 1 heterocycles. The molecular formula is C14H9ClFN3O. The molecule has 3 aromatic rings. The van der Waals surface area contributed by atoms with E-state index in [1.807, 2.05) is 0 Å². The fourth-order valence-electron chi connectivity index (χ4n) is 1.73. The topological polar surface area (TPSA) is 64.9 Å². The largest absolute Gasteiger partial charge is 0.396 e. The van der Waals surface area contributed by atoms with E-state index in [1.165, 1.54) is 18.2 Å². The maximum absolute atomic E-state index is 13.1. The van der Waals surface area contributed by atoms with Crippen LogP contribution in [0.2, 0.25) is 5.02 Å². The molecule has 0 radical (unpaired) electrons. The molecule has 0 unspecified atom stereocenters. The molecule has 3 rings (SSSR count). The van der Waals surface area contributed by atoms with Crippen molar-refractivity contribution in [3.63, 3.8) is 0 Å². The van der Waals surface area contributed by atoms with Crippen LogP contribution in [0, 0.1) is 5.82 Å². The number of halogens is 2. The van der Waals surface area contributed by atoms with E-state index in [0.29, 0.717) is 16.4 Å². The van der Waals surface area contributed by atoms with Crippen LogP contribution in [-0.2, 0) is 0 Å². The number of aromatic nitrogens is 2. The Morgan fingerprint density at radius 2 is 1.75 bits per heavy atom. The van der Waals surface area contributed by atoms with Crippen molar-refractivity contribution in [1.82, 2.24) is 10.1 Å². The zero-order valence-corrected chi connectivity index (χ0v) is 10.9. The van der Waals surface area contributed by atoms with Gasteiger partial charge in [0.1, 0.15) is 5.82 Å². The SMILES string of the molecule is Nc1cc(-c2nc(-c3ccc(Cl)cc3)no2)ccc1F. The van der Waals surface area contributed by atoms with Crippen molar-refractivity contribution < 1.29 is 8.91 Å². The van der Waals surface area contributed by atoms with E-state index in [-0.39, 0.29) is 11.6 Å². The Bertz CT molecular complexity index is 755. The van der Waals surface area contributed by atoms with Gasteiger partial charge in [-0.05, 0) is 42.5 Å². The van der Waals surface area contributed by atoms with Crippen molar-refractivity contribution >= 4 is 17.3 Å². The van der Waals surface area contributed by atoms with Gasteiger partial charge in [-0.25, -0.2) is 4.39 Å². The van der Waals surface area contributed by atoms with Gasteiger partial charge >= 0.3 is 0 Å². The summed E-state index contributed by atoms with van der Waals surface area (Å²) in [6, 6.07) is 11.3. The molecule has 0 aliphatic heterocycles. The summed E-state index contributed by atoms with van der Waals surface area (Å²) in [4.78, 5) is 4.25. The summed E-state index contributed by atoms with van der Waals surface area (Å²) < 4.78 is 18.3. The zero-order chi connectivity index (χ0) is 14.1. The van der Waals surface area contributed by atoms with Gasteiger partial charge in [-0.3, -0.25) is 0 Å². The van der Waals surface area contributed by atoms with E-state index in [0.717, 1.165) is 5.56 Å². The number of nitrogen functional groups attached to an aromatic ring is 1. The third-order valence-electron chi connectivity index (χ3n) is 2.77. The van der Waals surface area contributed by atoms with Crippen LogP contribution < -0.4 is 5.73 Å². The highest BCUT2D eigenvalue weighted by Crippen LogP contribution is 2.25. The minimum atomic E-state index is -0.480. The van der Waals surface area contributed by atoms with E-state index < -0.39 is 5.82 Å². The predicted molar refractivity (Wildman–Crippen MR) is 74.6 cm³/mol.